The lowest BCUT2D eigenvalue weighted by Gasteiger charge is -2.12. The summed E-state index contributed by atoms with van der Waals surface area (Å²) < 4.78 is 30.7. The minimum atomic E-state index is -2.56. The number of benzene rings is 2. The van der Waals surface area contributed by atoms with Crippen LogP contribution in [0.3, 0.4) is 0 Å². The van der Waals surface area contributed by atoms with Crippen molar-refractivity contribution in [1.29, 1.82) is 0 Å². The maximum absolute atomic E-state index is 12.7. The summed E-state index contributed by atoms with van der Waals surface area (Å²) in [6.45, 7) is 0. The van der Waals surface area contributed by atoms with Crippen LogP contribution in [0.4, 0.5) is 8.78 Å². The number of amides is 1. The number of primary amides is 1. The number of rotatable bonds is 4. The van der Waals surface area contributed by atoms with Gasteiger partial charge in [0.2, 0.25) is 0 Å². The Kier molecular flexibility index (Phi) is 3.98. The van der Waals surface area contributed by atoms with Crippen molar-refractivity contribution in [2.24, 2.45) is 5.73 Å². The van der Waals surface area contributed by atoms with Gasteiger partial charge in [-0.2, -0.15) is 0 Å². The van der Waals surface area contributed by atoms with E-state index in [0.29, 0.717) is 11.1 Å². The van der Waals surface area contributed by atoms with Crippen LogP contribution in [0.25, 0.3) is 11.1 Å². The normalized spacial score (nSPS) is 10.6. The molecule has 0 radical (unpaired) electrons. The van der Waals surface area contributed by atoms with Gasteiger partial charge in [-0.05, 0) is 17.7 Å². The van der Waals surface area contributed by atoms with Crippen LogP contribution in [0.5, 0.6) is 5.75 Å². The molecule has 0 spiro atoms. The van der Waals surface area contributed by atoms with Crippen molar-refractivity contribution in [2.45, 2.75) is 6.43 Å². The van der Waals surface area contributed by atoms with Crippen molar-refractivity contribution in [1.82, 2.24) is 0 Å². The largest absolute Gasteiger partial charge is 0.495 e. The van der Waals surface area contributed by atoms with Gasteiger partial charge in [0, 0.05) is 11.1 Å². The van der Waals surface area contributed by atoms with Crippen LogP contribution in [-0.2, 0) is 0 Å². The summed E-state index contributed by atoms with van der Waals surface area (Å²) in [6.07, 6.45) is -2.56. The third-order valence-corrected chi connectivity index (χ3v) is 2.93. The van der Waals surface area contributed by atoms with E-state index in [4.69, 9.17) is 10.5 Å². The summed E-state index contributed by atoms with van der Waals surface area (Å²) in [5.41, 5.74) is 6.49. The van der Waals surface area contributed by atoms with Gasteiger partial charge in [-0.25, -0.2) is 8.78 Å². The van der Waals surface area contributed by atoms with Crippen LogP contribution in [0.1, 0.15) is 22.3 Å². The first-order chi connectivity index (χ1) is 9.54. The van der Waals surface area contributed by atoms with Gasteiger partial charge < -0.3 is 10.5 Å². The Balaban J connectivity index is 2.60. The van der Waals surface area contributed by atoms with Crippen LogP contribution >= 0.6 is 0 Å². The first-order valence-corrected chi connectivity index (χ1v) is 5.90. The molecule has 0 atom stereocenters. The molecule has 0 saturated carbocycles. The molecule has 104 valence electrons. The molecule has 0 aliphatic rings. The second-order valence-corrected chi connectivity index (χ2v) is 4.18. The number of nitrogens with two attached hydrogens (primary N) is 1. The minimum absolute atomic E-state index is 0.0889. The van der Waals surface area contributed by atoms with Crippen molar-refractivity contribution in [2.75, 3.05) is 7.11 Å². The third-order valence-electron chi connectivity index (χ3n) is 2.93. The zero-order chi connectivity index (χ0) is 14.7. The van der Waals surface area contributed by atoms with E-state index in [1.165, 1.54) is 31.4 Å². The Hall–Kier alpha value is -2.43. The fourth-order valence-corrected chi connectivity index (χ4v) is 2.02. The highest BCUT2D eigenvalue weighted by Gasteiger charge is 2.15. The fraction of sp³-hybridized carbons (Fsp3) is 0.133. The summed E-state index contributed by atoms with van der Waals surface area (Å²) in [6, 6.07) is 10.8. The summed E-state index contributed by atoms with van der Waals surface area (Å²) >= 11 is 0. The van der Waals surface area contributed by atoms with E-state index in [2.05, 4.69) is 0 Å². The van der Waals surface area contributed by atoms with Crippen LogP contribution in [-0.4, -0.2) is 13.0 Å². The molecule has 0 heterocycles. The predicted molar refractivity (Wildman–Crippen MR) is 71.9 cm³/mol. The van der Waals surface area contributed by atoms with Crippen LogP contribution < -0.4 is 10.5 Å². The highest BCUT2D eigenvalue weighted by Crippen LogP contribution is 2.34. The molecule has 0 bridgehead atoms. The van der Waals surface area contributed by atoms with Gasteiger partial charge in [0.25, 0.3) is 12.3 Å². The summed E-state index contributed by atoms with van der Waals surface area (Å²) in [5, 5.41) is 0. The van der Waals surface area contributed by atoms with Crippen molar-refractivity contribution in [3.05, 3.63) is 53.6 Å². The molecule has 3 nitrogen and oxygen atoms in total. The number of para-hydroxylation sites is 1. The number of hydrogen-bond acceptors (Lipinski definition) is 2. The van der Waals surface area contributed by atoms with Gasteiger partial charge in [0.1, 0.15) is 5.75 Å². The van der Waals surface area contributed by atoms with Gasteiger partial charge in [-0.3, -0.25) is 4.79 Å². The quantitative estimate of drug-likeness (QED) is 0.931. The second-order valence-electron chi connectivity index (χ2n) is 4.18. The maximum Gasteiger partial charge on any atom is 0.263 e. The average molecular weight is 277 g/mol. The second kappa shape index (κ2) is 5.69. The Bertz CT molecular complexity index is 642. The molecule has 0 aromatic heterocycles. The molecule has 2 aromatic carbocycles. The van der Waals surface area contributed by atoms with Crippen molar-refractivity contribution in [3.63, 3.8) is 0 Å². The number of halogens is 2. The maximum atomic E-state index is 12.7. The van der Waals surface area contributed by atoms with E-state index in [1.807, 2.05) is 0 Å². The number of carbonyl (C=O) groups excluding carboxylic acids is 1. The summed E-state index contributed by atoms with van der Waals surface area (Å²) in [5.74, 6) is -0.347. The molecule has 20 heavy (non-hydrogen) atoms. The number of ether oxygens (including phenoxy) is 1. The lowest BCUT2D eigenvalue weighted by atomic mass is 9.99. The van der Waals surface area contributed by atoms with Crippen molar-refractivity contribution in [3.8, 4) is 16.9 Å². The lowest BCUT2D eigenvalue weighted by molar-refractivity contribution is 0.0997. The molecule has 0 unspecified atom stereocenters. The fourth-order valence-electron chi connectivity index (χ4n) is 2.02. The molecular weight excluding hydrogens is 264 g/mol. The average Bonchev–Trinajstić information content (AvgIpc) is 2.46. The Morgan fingerprint density at radius 3 is 2.50 bits per heavy atom. The molecule has 1 amide bonds. The molecule has 2 N–H and O–H groups in total. The van der Waals surface area contributed by atoms with Gasteiger partial charge in [-0.1, -0.05) is 30.3 Å². The molecule has 0 fully saturated rings. The molecule has 0 aliphatic carbocycles. The molecule has 5 heteroatoms. The van der Waals surface area contributed by atoms with Crippen LogP contribution in [0.15, 0.2) is 42.5 Å². The van der Waals surface area contributed by atoms with E-state index >= 15 is 0 Å². The smallest absolute Gasteiger partial charge is 0.263 e. The monoisotopic (exact) mass is 277 g/mol. The standard InChI is InChI=1S/C15H13F2NO2/c1-20-13-11(6-3-7-12(13)15(18)19)9-4-2-5-10(8-9)14(16)17/h2-8,14H,1H3,(H2,18,19). The molecule has 2 rings (SSSR count). The summed E-state index contributed by atoms with van der Waals surface area (Å²) in [4.78, 5) is 11.4. The number of methoxy groups -OCH3 is 1. The van der Waals surface area contributed by atoms with E-state index in [-0.39, 0.29) is 16.9 Å². The SMILES string of the molecule is COc1c(C(N)=O)cccc1-c1cccc(C(F)F)c1. The van der Waals surface area contributed by atoms with Crippen LogP contribution in [0.2, 0.25) is 0 Å². The molecule has 0 aliphatic heterocycles. The van der Waals surface area contributed by atoms with Crippen LogP contribution in [0, 0.1) is 0 Å². The lowest BCUT2D eigenvalue weighted by Crippen LogP contribution is -2.12. The van der Waals surface area contributed by atoms with E-state index in [9.17, 15) is 13.6 Å². The zero-order valence-electron chi connectivity index (χ0n) is 10.8. The highest BCUT2D eigenvalue weighted by molar-refractivity contribution is 5.98. The third kappa shape index (κ3) is 2.61. The molecular formula is C15H13F2NO2. The first kappa shape index (κ1) is 14.0. The van der Waals surface area contributed by atoms with Gasteiger partial charge >= 0.3 is 0 Å². The Morgan fingerprint density at radius 1 is 1.20 bits per heavy atom. The number of carbonyl (C=O) groups is 1. The van der Waals surface area contributed by atoms with Crippen molar-refractivity contribution >= 4 is 5.91 Å². The van der Waals surface area contributed by atoms with Gasteiger partial charge in [0.05, 0.1) is 12.7 Å². The topological polar surface area (TPSA) is 52.3 Å². The Morgan fingerprint density at radius 2 is 1.90 bits per heavy atom. The first-order valence-electron chi connectivity index (χ1n) is 5.90. The number of hydrogen-bond donors (Lipinski definition) is 1. The van der Waals surface area contributed by atoms with Gasteiger partial charge in [0.15, 0.2) is 0 Å². The molecule has 2 aromatic rings. The summed E-state index contributed by atoms with van der Waals surface area (Å²) in [7, 11) is 1.40. The van der Waals surface area contributed by atoms with E-state index in [0.717, 1.165) is 0 Å². The van der Waals surface area contributed by atoms with E-state index in [1.54, 1.807) is 18.2 Å². The Labute approximate surface area is 115 Å². The number of alkyl halides is 2. The molecule has 0 saturated heterocycles. The zero-order valence-corrected chi connectivity index (χ0v) is 10.8. The van der Waals surface area contributed by atoms with Gasteiger partial charge in [-0.15, -0.1) is 0 Å². The minimum Gasteiger partial charge on any atom is -0.495 e. The highest BCUT2D eigenvalue weighted by atomic mass is 19.3. The predicted octanol–water partition coefficient (Wildman–Crippen LogP) is 3.40. The van der Waals surface area contributed by atoms with Crippen molar-refractivity contribution < 1.29 is 18.3 Å². The van der Waals surface area contributed by atoms with E-state index < -0.39 is 12.3 Å².